The van der Waals surface area contributed by atoms with Gasteiger partial charge in [-0.2, -0.15) is 5.10 Å². The summed E-state index contributed by atoms with van der Waals surface area (Å²) in [6.07, 6.45) is 1.89. The van der Waals surface area contributed by atoms with Crippen LogP contribution in [0.1, 0.15) is 35.9 Å². The summed E-state index contributed by atoms with van der Waals surface area (Å²) in [7, 11) is 0. The maximum Gasteiger partial charge on any atom is 0.0681 e. The molecule has 102 valence electrons. The Morgan fingerprint density at radius 1 is 1.21 bits per heavy atom. The van der Waals surface area contributed by atoms with Crippen LogP contribution in [0.25, 0.3) is 5.69 Å². The van der Waals surface area contributed by atoms with Crippen LogP contribution < -0.4 is 5.73 Å². The molecule has 0 saturated carbocycles. The molecule has 1 aromatic carbocycles. The van der Waals surface area contributed by atoms with E-state index in [-0.39, 0.29) is 6.04 Å². The average Bonchev–Trinajstić information content (AvgIpc) is 2.68. The highest BCUT2D eigenvalue weighted by atomic mass is 15.3. The molecule has 19 heavy (non-hydrogen) atoms. The van der Waals surface area contributed by atoms with Gasteiger partial charge in [-0.15, -0.1) is 0 Å². The summed E-state index contributed by atoms with van der Waals surface area (Å²) in [4.78, 5) is 0. The summed E-state index contributed by atoms with van der Waals surface area (Å²) < 4.78 is 2.02. The lowest BCUT2D eigenvalue weighted by molar-refractivity contribution is 0.641. The number of aromatic nitrogens is 2. The zero-order valence-electron chi connectivity index (χ0n) is 12.3. The molecule has 0 radical (unpaired) electrons. The summed E-state index contributed by atoms with van der Waals surface area (Å²) in [6, 6.07) is 8.81. The molecule has 2 N–H and O–H groups in total. The number of nitrogens with zero attached hydrogens (tertiary/aromatic N) is 2. The Kier molecular flexibility index (Phi) is 4.05. The van der Waals surface area contributed by atoms with Gasteiger partial charge in [-0.3, -0.25) is 0 Å². The molecular weight excluding hydrogens is 234 g/mol. The van der Waals surface area contributed by atoms with Crippen LogP contribution >= 0.6 is 0 Å². The SMILES string of the molecule is CCC(N)Cc1cc(C)ccc1-n1nc(C)cc1C. The number of rotatable bonds is 4. The van der Waals surface area contributed by atoms with E-state index in [4.69, 9.17) is 5.73 Å². The van der Waals surface area contributed by atoms with Crippen LogP contribution in [0.15, 0.2) is 24.3 Å². The molecule has 1 atom stereocenters. The van der Waals surface area contributed by atoms with Crippen LogP contribution in [0.3, 0.4) is 0 Å². The minimum atomic E-state index is 0.206. The summed E-state index contributed by atoms with van der Waals surface area (Å²) in [5.41, 5.74) is 12.0. The molecule has 0 aliphatic rings. The number of benzene rings is 1. The third-order valence-corrected chi connectivity index (χ3v) is 3.48. The number of aryl methyl sites for hydroxylation is 3. The van der Waals surface area contributed by atoms with E-state index in [0.717, 1.165) is 29.9 Å². The molecule has 2 aromatic rings. The van der Waals surface area contributed by atoms with Crippen molar-refractivity contribution >= 4 is 0 Å². The highest BCUT2D eigenvalue weighted by Crippen LogP contribution is 2.20. The second-order valence-electron chi connectivity index (χ2n) is 5.34. The zero-order chi connectivity index (χ0) is 14.0. The van der Waals surface area contributed by atoms with Crippen molar-refractivity contribution in [3.8, 4) is 5.69 Å². The van der Waals surface area contributed by atoms with E-state index >= 15 is 0 Å². The van der Waals surface area contributed by atoms with Gasteiger partial charge in [-0.1, -0.05) is 24.6 Å². The maximum atomic E-state index is 6.12. The summed E-state index contributed by atoms with van der Waals surface area (Å²) in [5, 5.41) is 4.58. The van der Waals surface area contributed by atoms with Gasteiger partial charge < -0.3 is 5.73 Å². The first-order valence-corrected chi connectivity index (χ1v) is 6.90. The fourth-order valence-electron chi connectivity index (χ4n) is 2.38. The molecule has 1 heterocycles. The van der Waals surface area contributed by atoms with Crippen molar-refractivity contribution in [1.82, 2.24) is 9.78 Å². The Bertz CT molecular complexity index is 569. The summed E-state index contributed by atoms with van der Waals surface area (Å²) in [5.74, 6) is 0. The van der Waals surface area contributed by atoms with Crippen LogP contribution in [0.2, 0.25) is 0 Å². The van der Waals surface area contributed by atoms with Crippen molar-refractivity contribution in [2.24, 2.45) is 5.73 Å². The van der Waals surface area contributed by atoms with Crippen molar-refractivity contribution in [1.29, 1.82) is 0 Å². The van der Waals surface area contributed by atoms with E-state index in [2.05, 4.69) is 50.1 Å². The fraction of sp³-hybridized carbons (Fsp3) is 0.438. The Labute approximate surface area is 115 Å². The third kappa shape index (κ3) is 3.04. The van der Waals surface area contributed by atoms with Gasteiger partial charge in [-0.25, -0.2) is 4.68 Å². The normalized spacial score (nSPS) is 12.7. The van der Waals surface area contributed by atoms with Crippen molar-refractivity contribution in [2.45, 2.75) is 46.6 Å². The van der Waals surface area contributed by atoms with Crippen LogP contribution in [0.4, 0.5) is 0 Å². The lowest BCUT2D eigenvalue weighted by Crippen LogP contribution is -2.22. The highest BCUT2D eigenvalue weighted by Gasteiger charge is 2.11. The molecule has 0 aliphatic heterocycles. The minimum absolute atomic E-state index is 0.206. The third-order valence-electron chi connectivity index (χ3n) is 3.48. The maximum absolute atomic E-state index is 6.12. The smallest absolute Gasteiger partial charge is 0.0681 e. The number of hydrogen-bond acceptors (Lipinski definition) is 2. The monoisotopic (exact) mass is 257 g/mol. The number of hydrogen-bond donors (Lipinski definition) is 1. The molecule has 0 spiro atoms. The van der Waals surface area contributed by atoms with Gasteiger partial charge >= 0.3 is 0 Å². The van der Waals surface area contributed by atoms with Gasteiger partial charge in [0.25, 0.3) is 0 Å². The molecule has 3 nitrogen and oxygen atoms in total. The molecule has 0 bridgehead atoms. The van der Waals surface area contributed by atoms with Crippen molar-refractivity contribution in [3.63, 3.8) is 0 Å². The summed E-state index contributed by atoms with van der Waals surface area (Å²) in [6.45, 7) is 8.36. The number of nitrogens with two attached hydrogens (primary N) is 1. The zero-order valence-corrected chi connectivity index (χ0v) is 12.3. The summed E-state index contributed by atoms with van der Waals surface area (Å²) >= 11 is 0. The largest absolute Gasteiger partial charge is 0.327 e. The topological polar surface area (TPSA) is 43.8 Å². The lowest BCUT2D eigenvalue weighted by Gasteiger charge is -2.15. The van der Waals surface area contributed by atoms with Crippen molar-refractivity contribution in [3.05, 3.63) is 46.8 Å². The Hall–Kier alpha value is -1.61. The van der Waals surface area contributed by atoms with Crippen LogP contribution in [-0.2, 0) is 6.42 Å². The van der Waals surface area contributed by atoms with Gasteiger partial charge in [0.1, 0.15) is 0 Å². The van der Waals surface area contributed by atoms with E-state index in [0.29, 0.717) is 0 Å². The van der Waals surface area contributed by atoms with E-state index in [9.17, 15) is 0 Å². The molecule has 0 aliphatic carbocycles. The van der Waals surface area contributed by atoms with Crippen molar-refractivity contribution in [2.75, 3.05) is 0 Å². The van der Waals surface area contributed by atoms with E-state index in [1.165, 1.54) is 11.1 Å². The molecule has 1 aromatic heterocycles. The molecule has 0 saturated heterocycles. The Morgan fingerprint density at radius 3 is 2.53 bits per heavy atom. The molecular formula is C16H23N3. The lowest BCUT2D eigenvalue weighted by atomic mass is 10.0. The fourth-order valence-corrected chi connectivity index (χ4v) is 2.38. The van der Waals surface area contributed by atoms with Crippen molar-refractivity contribution < 1.29 is 0 Å². The van der Waals surface area contributed by atoms with Gasteiger partial charge in [0.05, 0.1) is 11.4 Å². The Morgan fingerprint density at radius 2 is 1.95 bits per heavy atom. The average molecular weight is 257 g/mol. The van der Waals surface area contributed by atoms with Gasteiger partial charge in [-0.05, 0) is 51.3 Å². The second-order valence-corrected chi connectivity index (χ2v) is 5.34. The standard InChI is InChI=1S/C16H23N3/c1-5-15(17)10-14-8-11(2)6-7-16(14)19-13(4)9-12(3)18-19/h6-9,15H,5,10,17H2,1-4H3. The van der Waals surface area contributed by atoms with Crippen LogP contribution in [0.5, 0.6) is 0 Å². The van der Waals surface area contributed by atoms with Gasteiger partial charge in [0.15, 0.2) is 0 Å². The first kappa shape index (κ1) is 13.8. The molecule has 3 heteroatoms. The molecule has 0 fully saturated rings. The Balaban J connectivity index is 2.47. The predicted molar refractivity (Wildman–Crippen MR) is 79.7 cm³/mol. The molecule has 1 unspecified atom stereocenters. The van der Waals surface area contributed by atoms with Gasteiger partial charge in [0, 0.05) is 11.7 Å². The minimum Gasteiger partial charge on any atom is -0.327 e. The second kappa shape index (κ2) is 5.57. The molecule has 2 rings (SSSR count). The quantitative estimate of drug-likeness (QED) is 0.914. The van der Waals surface area contributed by atoms with Gasteiger partial charge in [0.2, 0.25) is 0 Å². The van der Waals surface area contributed by atoms with E-state index in [1.54, 1.807) is 0 Å². The molecule has 0 amide bonds. The predicted octanol–water partition coefficient (Wildman–Crippen LogP) is 3.08. The first-order valence-electron chi connectivity index (χ1n) is 6.90. The van der Waals surface area contributed by atoms with Crippen LogP contribution in [0, 0.1) is 20.8 Å². The van der Waals surface area contributed by atoms with E-state index < -0.39 is 0 Å². The highest BCUT2D eigenvalue weighted by molar-refractivity contribution is 5.44. The van der Waals surface area contributed by atoms with E-state index in [1.807, 2.05) is 11.6 Å². The first-order chi connectivity index (χ1) is 9.01. The van der Waals surface area contributed by atoms with Crippen LogP contribution in [-0.4, -0.2) is 15.8 Å².